The molecule has 1 heterocycles. The van der Waals surface area contributed by atoms with Crippen molar-refractivity contribution in [2.75, 3.05) is 21.0 Å². The van der Waals surface area contributed by atoms with Crippen molar-refractivity contribution >= 4 is 6.08 Å². The third kappa shape index (κ3) is 2.99. The zero-order valence-electron chi connectivity index (χ0n) is 12.2. The Morgan fingerprint density at radius 3 is 2.55 bits per heavy atom. The van der Waals surface area contributed by atoms with Crippen molar-refractivity contribution in [3.05, 3.63) is 17.7 Å². The molecule has 5 heteroatoms. The van der Waals surface area contributed by atoms with E-state index in [0.29, 0.717) is 29.4 Å². The van der Waals surface area contributed by atoms with Gasteiger partial charge in [0.25, 0.3) is 0 Å². The molecule has 1 N–H and O–H groups in total. The number of rotatable bonds is 5. The number of aliphatic hydroxyl groups is 1. The Kier molecular flexibility index (Phi) is 4.09. The molecule has 2 rings (SSSR count). The second-order valence-electron chi connectivity index (χ2n) is 5.19. The molecule has 1 aromatic rings. The van der Waals surface area contributed by atoms with Crippen LogP contribution in [0.4, 0.5) is 0 Å². The fourth-order valence-electron chi connectivity index (χ4n) is 2.01. The first-order chi connectivity index (χ1) is 9.46. The van der Waals surface area contributed by atoms with Gasteiger partial charge in [0.05, 0.1) is 19.8 Å². The van der Waals surface area contributed by atoms with Crippen molar-refractivity contribution in [3.63, 3.8) is 0 Å². The molecule has 0 bridgehead atoms. The third-order valence-electron chi connectivity index (χ3n) is 2.93. The summed E-state index contributed by atoms with van der Waals surface area (Å²) in [5, 5.41) is 9.73. The Balaban J connectivity index is 2.38. The van der Waals surface area contributed by atoms with Crippen LogP contribution in [0.5, 0.6) is 23.0 Å². The summed E-state index contributed by atoms with van der Waals surface area (Å²) in [6, 6.07) is 1.84. The number of hydrogen-bond acceptors (Lipinski definition) is 5. The van der Waals surface area contributed by atoms with Crippen molar-refractivity contribution < 1.29 is 24.1 Å². The number of fused-ring (bicyclic) bond motifs is 1. The number of ether oxygens (including phenoxy) is 4. The minimum absolute atomic E-state index is 0.172. The second-order valence-corrected chi connectivity index (χ2v) is 5.19. The average molecular weight is 280 g/mol. The summed E-state index contributed by atoms with van der Waals surface area (Å²) in [5.74, 6) is 2.30. The van der Waals surface area contributed by atoms with Gasteiger partial charge in [-0.25, -0.2) is 0 Å². The molecule has 0 aliphatic carbocycles. The second kappa shape index (κ2) is 5.63. The Morgan fingerprint density at radius 1 is 1.25 bits per heavy atom. The first kappa shape index (κ1) is 14.5. The summed E-state index contributed by atoms with van der Waals surface area (Å²) in [5.41, 5.74) is 0.0716. The molecule has 1 aromatic carbocycles. The van der Waals surface area contributed by atoms with Gasteiger partial charge in [0.2, 0.25) is 18.3 Å². The van der Waals surface area contributed by atoms with E-state index >= 15 is 0 Å². The summed E-state index contributed by atoms with van der Waals surface area (Å²) in [6.45, 7) is 3.69. The molecule has 5 nitrogen and oxygen atoms in total. The van der Waals surface area contributed by atoms with Crippen molar-refractivity contribution in [1.29, 1.82) is 0 Å². The highest BCUT2D eigenvalue weighted by atomic mass is 16.7. The molecule has 0 atom stereocenters. The van der Waals surface area contributed by atoms with Gasteiger partial charge in [0, 0.05) is 5.56 Å². The van der Waals surface area contributed by atoms with Crippen LogP contribution in [0, 0.1) is 0 Å². The van der Waals surface area contributed by atoms with Gasteiger partial charge in [-0.05, 0) is 26.3 Å². The van der Waals surface area contributed by atoms with E-state index in [0.717, 1.165) is 5.56 Å². The molecule has 0 saturated carbocycles. The molecule has 0 amide bonds. The molecule has 20 heavy (non-hydrogen) atoms. The van der Waals surface area contributed by atoms with E-state index in [1.54, 1.807) is 28.1 Å². The van der Waals surface area contributed by atoms with Crippen molar-refractivity contribution in [1.82, 2.24) is 0 Å². The summed E-state index contributed by atoms with van der Waals surface area (Å²) < 4.78 is 21.5. The monoisotopic (exact) mass is 280 g/mol. The van der Waals surface area contributed by atoms with E-state index in [-0.39, 0.29) is 6.79 Å². The van der Waals surface area contributed by atoms with Crippen LogP contribution < -0.4 is 18.9 Å². The molecule has 1 aliphatic heterocycles. The van der Waals surface area contributed by atoms with Gasteiger partial charge >= 0.3 is 0 Å². The molecular weight excluding hydrogens is 260 g/mol. The molecule has 0 aromatic heterocycles. The Labute approximate surface area is 118 Å². The zero-order valence-corrected chi connectivity index (χ0v) is 12.2. The molecule has 0 unspecified atom stereocenters. The van der Waals surface area contributed by atoms with E-state index in [4.69, 9.17) is 18.9 Å². The first-order valence-electron chi connectivity index (χ1n) is 6.40. The highest BCUT2D eigenvalue weighted by Crippen LogP contribution is 2.49. The normalized spacial score (nSPS) is 13.8. The lowest BCUT2D eigenvalue weighted by Gasteiger charge is -2.15. The summed E-state index contributed by atoms with van der Waals surface area (Å²) >= 11 is 0. The largest absolute Gasteiger partial charge is 0.492 e. The zero-order chi connectivity index (χ0) is 14.8. The van der Waals surface area contributed by atoms with Crippen LogP contribution in [0.3, 0.4) is 0 Å². The SMILES string of the molecule is COc1c(/C=C/CC(C)(C)O)cc2c(c1OC)OCO2. The maximum atomic E-state index is 9.73. The van der Waals surface area contributed by atoms with E-state index < -0.39 is 5.60 Å². The fraction of sp³-hybridized carbons (Fsp3) is 0.467. The van der Waals surface area contributed by atoms with Crippen LogP contribution in [-0.4, -0.2) is 31.7 Å². The summed E-state index contributed by atoms with van der Waals surface area (Å²) in [6.07, 6.45) is 4.30. The van der Waals surface area contributed by atoms with Crippen LogP contribution in [-0.2, 0) is 0 Å². The van der Waals surface area contributed by atoms with Crippen molar-refractivity contribution in [2.24, 2.45) is 0 Å². The topological polar surface area (TPSA) is 57.2 Å². The van der Waals surface area contributed by atoms with E-state index in [1.807, 2.05) is 18.2 Å². The van der Waals surface area contributed by atoms with E-state index in [2.05, 4.69) is 0 Å². The minimum Gasteiger partial charge on any atom is -0.492 e. The smallest absolute Gasteiger partial charge is 0.231 e. The number of hydrogen-bond donors (Lipinski definition) is 1. The van der Waals surface area contributed by atoms with E-state index in [1.165, 1.54) is 0 Å². The highest BCUT2D eigenvalue weighted by Gasteiger charge is 2.25. The van der Waals surface area contributed by atoms with Gasteiger partial charge in [-0.2, -0.15) is 0 Å². The predicted molar refractivity (Wildman–Crippen MR) is 75.6 cm³/mol. The van der Waals surface area contributed by atoms with Crippen LogP contribution in [0.1, 0.15) is 25.8 Å². The Hall–Kier alpha value is -1.88. The Bertz CT molecular complexity index is 514. The summed E-state index contributed by atoms with van der Waals surface area (Å²) in [7, 11) is 3.14. The van der Waals surface area contributed by atoms with Gasteiger partial charge < -0.3 is 24.1 Å². The van der Waals surface area contributed by atoms with Gasteiger partial charge in [0.1, 0.15) is 0 Å². The maximum Gasteiger partial charge on any atom is 0.231 e. The molecule has 0 fully saturated rings. The van der Waals surface area contributed by atoms with Crippen LogP contribution in [0.25, 0.3) is 6.08 Å². The lowest BCUT2D eigenvalue weighted by molar-refractivity contribution is 0.0841. The molecule has 110 valence electrons. The molecular formula is C15H20O5. The Morgan fingerprint density at radius 2 is 1.95 bits per heavy atom. The lowest BCUT2D eigenvalue weighted by Crippen LogP contribution is -2.16. The minimum atomic E-state index is -0.746. The number of benzene rings is 1. The first-order valence-corrected chi connectivity index (χ1v) is 6.40. The predicted octanol–water partition coefficient (Wildman–Crippen LogP) is 2.61. The summed E-state index contributed by atoms with van der Waals surface area (Å²) in [4.78, 5) is 0. The van der Waals surface area contributed by atoms with Crippen molar-refractivity contribution in [2.45, 2.75) is 25.9 Å². The van der Waals surface area contributed by atoms with Gasteiger partial charge in [-0.15, -0.1) is 0 Å². The van der Waals surface area contributed by atoms with Gasteiger partial charge in [-0.3, -0.25) is 0 Å². The van der Waals surface area contributed by atoms with Crippen LogP contribution in [0.15, 0.2) is 12.1 Å². The number of methoxy groups -OCH3 is 2. The molecule has 0 saturated heterocycles. The molecule has 0 spiro atoms. The molecule has 1 aliphatic rings. The van der Waals surface area contributed by atoms with Gasteiger partial charge in [-0.1, -0.05) is 12.2 Å². The van der Waals surface area contributed by atoms with E-state index in [9.17, 15) is 5.11 Å². The lowest BCUT2D eigenvalue weighted by atomic mass is 10.0. The van der Waals surface area contributed by atoms with Gasteiger partial charge in [0.15, 0.2) is 11.5 Å². The fourth-order valence-corrected chi connectivity index (χ4v) is 2.01. The van der Waals surface area contributed by atoms with Crippen LogP contribution in [0.2, 0.25) is 0 Å². The highest BCUT2D eigenvalue weighted by molar-refractivity contribution is 5.71. The quantitative estimate of drug-likeness (QED) is 0.898. The maximum absolute atomic E-state index is 9.73. The van der Waals surface area contributed by atoms with Crippen molar-refractivity contribution in [3.8, 4) is 23.0 Å². The standard InChI is InChI=1S/C15H20O5/c1-15(2,16)7-5-6-10-8-11-13(20-9-19-11)14(18-4)12(10)17-3/h5-6,8,16H,7,9H2,1-4H3/b6-5+. The third-order valence-corrected chi connectivity index (χ3v) is 2.93. The van der Waals surface area contributed by atoms with Crippen LogP contribution >= 0.6 is 0 Å². The average Bonchev–Trinajstić information content (AvgIpc) is 2.83. The molecule has 0 radical (unpaired) electrons.